The number of benzene rings is 1. The van der Waals surface area contributed by atoms with Gasteiger partial charge in [0, 0.05) is 4.47 Å². The fourth-order valence-electron chi connectivity index (χ4n) is 1.51. The summed E-state index contributed by atoms with van der Waals surface area (Å²) in [7, 11) is 0. The molecule has 2 rings (SSSR count). The number of alkyl halides is 3. The van der Waals surface area contributed by atoms with Crippen LogP contribution in [0.4, 0.5) is 18.9 Å². The van der Waals surface area contributed by atoms with Crippen LogP contribution in [-0.2, 0) is 6.18 Å². The number of pyridine rings is 1. The summed E-state index contributed by atoms with van der Waals surface area (Å²) in [6, 6.07) is 6.70. The first-order chi connectivity index (χ1) is 9.79. The van der Waals surface area contributed by atoms with Crippen LogP contribution in [0.15, 0.2) is 41.0 Å². The van der Waals surface area contributed by atoms with E-state index in [2.05, 4.69) is 26.2 Å². The van der Waals surface area contributed by atoms with Crippen molar-refractivity contribution in [2.45, 2.75) is 6.18 Å². The average Bonchev–Trinajstić information content (AvgIpc) is 2.41. The van der Waals surface area contributed by atoms with Crippen LogP contribution >= 0.6 is 27.5 Å². The minimum Gasteiger partial charge on any atom is -0.321 e. The summed E-state index contributed by atoms with van der Waals surface area (Å²) in [5, 5.41) is 2.65. The third kappa shape index (κ3) is 3.74. The standard InChI is InChI=1S/C13H7BrClF3N2O/c14-9-3-1-2-8(11(9)15)12(21)20-7-4-5-10(19-6-7)13(16,17)18/h1-6H,(H,20,21). The lowest BCUT2D eigenvalue weighted by Gasteiger charge is -2.09. The lowest BCUT2D eigenvalue weighted by atomic mass is 10.2. The number of nitrogens with one attached hydrogen (secondary N) is 1. The number of hydrogen-bond acceptors (Lipinski definition) is 2. The molecule has 1 aromatic carbocycles. The molecular weight excluding hydrogens is 373 g/mol. The van der Waals surface area contributed by atoms with Gasteiger partial charge in [0.2, 0.25) is 0 Å². The highest BCUT2D eigenvalue weighted by Crippen LogP contribution is 2.29. The Morgan fingerprint density at radius 1 is 1.24 bits per heavy atom. The summed E-state index contributed by atoms with van der Waals surface area (Å²) in [5.41, 5.74) is -0.684. The minimum atomic E-state index is -4.52. The number of amides is 1. The van der Waals surface area contributed by atoms with Crippen LogP contribution in [0, 0.1) is 0 Å². The highest BCUT2D eigenvalue weighted by Gasteiger charge is 2.32. The first kappa shape index (κ1) is 15.8. The van der Waals surface area contributed by atoms with Gasteiger partial charge in [-0.3, -0.25) is 4.79 Å². The third-order valence-electron chi connectivity index (χ3n) is 2.51. The summed E-state index contributed by atoms with van der Waals surface area (Å²) >= 11 is 9.15. The molecule has 3 nitrogen and oxygen atoms in total. The quantitative estimate of drug-likeness (QED) is 0.817. The molecule has 2 aromatic rings. The number of carbonyl (C=O) groups is 1. The molecule has 0 bridgehead atoms. The van der Waals surface area contributed by atoms with Crippen molar-refractivity contribution in [3.05, 3.63) is 57.3 Å². The monoisotopic (exact) mass is 378 g/mol. The average molecular weight is 380 g/mol. The molecule has 1 N–H and O–H groups in total. The van der Waals surface area contributed by atoms with Crippen LogP contribution in [0.1, 0.15) is 16.1 Å². The number of nitrogens with zero attached hydrogens (tertiary/aromatic N) is 1. The number of rotatable bonds is 2. The number of halogens is 5. The van der Waals surface area contributed by atoms with E-state index in [1.165, 1.54) is 6.07 Å². The molecular formula is C13H7BrClF3N2O. The molecule has 0 aliphatic heterocycles. The number of carbonyl (C=O) groups excluding carboxylic acids is 1. The lowest BCUT2D eigenvalue weighted by Crippen LogP contribution is -2.14. The zero-order valence-electron chi connectivity index (χ0n) is 10.2. The summed E-state index contributed by atoms with van der Waals surface area (Å²) in [5.74, 6) is -0.539. The van der Waals surface area contributed by atoms with Crippen molar-refractivity contribution in [2.24, 2.45) is 0 Å². The Hall–Kier alpha value is -1.60. The van der Waals surface area contributed by atoms with E-state index in [-0.39, 0.29) is 16.3 Å². The first-order valence-corrected chi connectivity index (χ1v) is 6.75. The third-order valence-corrected chi connectivity index (χ3v) is 3.80. The fourth-order valence-corrected chi connectivity index (χ4v) is 2.09. The summed E-state index contributed by atoms with van der Waals surface area (Å²) in [4.78, 5) is 15.3. The van der Waals surface area contributed by atoms with Crippen molar-refractivity contribution >= 4 is 39.1 Å². The summed E-state index contributed by atoms with van der Waals surface area (Å²) < 4.78 is 37.7. The lowest BCUT2D eigenvalue weighted by molar-refractivity contribution is -0.141. The van der Waals surface area contributed by atoms with Gasteiger partial charge in [-0.05, 0) is 40.2 Å². The van der Waals surface area contributed by atoms with Crippen LogP contribution in [0.3, 0.4) is 0 Å². The fraction of sp³-hybridized carbons (Fsp3) is 0.0769. The van der Waals surface area contributed by atoms with Gasteiger partial charge in [-0.25, -0.2) is 4.98 Å². The predicted octanol–water partition coefficient (Wildman–Crippen LogP) is 4.77. The highest BCUT2D eigenvalue weighted by atomic mass is 79.9. The van der Waals surface area contributed by atoms with Crippen LogP contribution < -0.4 is 5.32 Å². The van der Waals surface area contributed by atoms with Crippen LogP contribution in [0.2, 0.25) is 5.02 Å². The SMILES string of the molecule is O=C(Nc1ccc(C(F)(F)F)nc1)c1cccc(Br)c1Cl. The molecule has 21 heavy (non-hydrogen) atoms. The van der Waals surface area contributed by atoms with Crippen LogP contribution in [-0.4, -0.2) is 10.9 Å². The maximum Gasteiger partial charge on any atom is 0.433 e. The second-order valence-electron chi connectivity index (χ2n) is 3.99. The Morgan fingerprint density at radius 2 is 1.95 bits per heavy atom. The molecule has 0 saturated carbocycles. The molecule has 1 heterocycles. The molecule has 0 aliphatic carbocycles. The van der Waals surface area contributed by atoms with E-state index in [1.807, 2.05) is 0 Å². The molecule has 0 fully saturated rings. The minimum absolute atomic E-state index is 0.143. The van der Waals surface area contributed by atoms with E-state index >= 15 is 0 Å². The maximum absolute atomic E-state index is 12.4. The molecule has 0 atom stereocenters. The van der Waals surface area contributed by atoms with Gasteiger partial charge in [-0.1, -0.05) is 17.7 Å². The van der Waals surface area contributed by atoms with E-state index in [4.69, 9.17) is 11.6 Å². The Kier molecular flexibility index (Phi) is 4.53. The molecule has 1 amide bonds. The van der Waals surface area contributed by atoms with Gasteiger partial charge in [-0.2, -0.15) is 13.2 Å². The number of anilines is 1. The molecule has 110 valence electrons. The zero-order chi connectivity index (χ0) is 15.6. The number of aromatic nitrogens is 1. The van der Waals surface area contributed by atoms with Gasteiger partial charge < -0.3 is 5.32 Å². The second-order valence-corrected chi connectivity index (χ2v) is 5.22. The van der Waals surface area contributed by atoms with E-state index in [0.717, 1.165) is 18.3 Å². The predicted molar refractivity (Wildman–Crippen MR) is 76.3 cm³/mol. The van der Waals surface area contributed by atoms with Crippen molar-refractivity contribution < 1.29 is 18.0 Å². The molecule has 0 radical (unpaired) electrons. The molecule has 0 aliphatic rings. The Bertz CT molecular complexity index is 674. The molecule has 8 heteroatoms. The largest absolute Gasteiger partial charge is 0.433 e. The van der Waals surface area contributed by atoms with E-state index in [9.17, 15) is 18.0 Å². The van der Waals surface area contributed by atoms with Gasteiger partial charge in [0.1, 0.15) is 5.69 Å². The van der Waals surface area contributed by atoms with Crippen LogP contribution in [0.5, 0.6) is 0 Å². The van der Waals surface area contributed by atoms with Gasteiger partial charge >= 0.3 is 6.18 Å². The highest BCUT2D eigenvalue weighted by molar-refractivity contribution is 9.10. The topological polar surface area (TPSA) is 42.0 Å². The maximum atomic E-state index is 12.4. The van der Waals surface area contributed by atoms with Crippen molar-refractivity contribution in [1.82, 2.24) is 4.98 Å². The smallest absolute Gasteiger partial charge is 0.321 e. The Labute approximate surface area is 131 Å². The Balaban J connectivity index is 2.18. The Morgan fingerprint density at radius 3 is 2.52 bits per heavy atom. The van der Waals surface area contributed by atoms with E-state index in [1.54, 1.807) is 12.1 Å². The van der Waals surface area contributed by atoms with Crippen molar-refractivity contribution in [3.8, 4) is 0 Å². The van der Waals surface area contributed by atoms with Crippen molar-refractivity contribution in [3.63, 3.8) is 0 Å². The van der Waals surface area contributed by atoms with Gasteiger partial charge in [0.25, 0.3) is 5.91 Å². The molecule has 0 unspecified atom stereocenters. The summed E-state index contributed by atoms with van der Waals surface area (Å²) in [6.07, 6.45) is -3.58. The van der Waals surface area contributed by atoms with Crippen molar-refractivity contribution in [1.29, 1.82) is 0 Å². The van der Waals surface area contributed by atoms with Crippen LogP contribution in [0.25, 0.3) is 0 Å². The van der Waals surface area contributed by atoms with Gasteiger partial charge in [0.15, 0.2) is 0 Å². The second kappa shape index (κ2) is 6.03. The normalized spacial score (nSPS) is 11.3. The van der Waals surface area contributed by atoms with Gasteiger partial charge in [-0.15, -0.1) is 0 Å². The number of hydrogen-bond donors (Lipinski definition) is 1. The van der Waals surface area contributed by atoms with Crippen molar-refractivity contribution in [2.75, 3.05) is 5.32 Å². The molecule has 1 aromatic heterocycles. The molecule has 0 saturated heterocycles. The van der Waals surface area contributed by atoms with E-state index < -0.39 is 17.8 Å². The van der Waals surface area contributed by atoms with Gasteiger partial charge in [0.05, 0.1) is 22.5 Å². The zero-order valence-corrected chi connectivity index (χ0v) is 12.6. The van der Waals surface area contributed by atoms with E-state index in [0.29, 0.717) is 4.47 Å². The summed E-state index contributed by atoms with van der Waals surface area (Å²) in [6.45, 7) is 0. The molecule has 0 spiro atoms. The first-order valence-electron chi connectivity index (χ1n) is 5.57.